The molecular formula is C11H12BrFN4O3S. The Balaban J connectivity index is 2.60. The van der Waals surface area contributed by atoms with Crippen LogP contribution in [0.15, 0.2) is 27.8 Å². The van der Waals surface area contributed by atoms with E-state index in [9.17, 15) is 12.8 Å². The number of hydrogen-bond acceptors (Lipinski definition) is 5. The molecule has 0 atom stereocenters. The Kier molecular flexibility index (Phi) is 4.71. The number of ether oxygens (including phenoxy) is 1. The first-order chi connectivity index (χ1) is 9.82. The maximum absolute atomic E-state index is 13.5. The molecule has 0 aliphatic carbocycles. The van der Waals surface area contributed by atoms with Crippen molar-refractivity contribution in [1.82, 2.24) is 14.8 Å². The second-order valence-corrected chi connectivity index (χ2v) is 6.52. The van der Waals surface area contributed by atoms with Gasteiger partial charge in [0.1, 0.15) is 5.82 Å². The predicted octanol–water partition coefficient (Wildman–Crippen LogP) is 1.14. The van der Waals surface area contributed by atoms with Crippen molar-refractivity contribution in [2.45, 2.75) is 11.7 Å². The van der Waals surface area contributed by atoms with E-state index in [4.69, 9.17) is 9.88 Å². The van der Waals surface area contributed by atoms with Crippen LogP contribution in [0.2, 0.25) is 0 Å². The summed E-state index contributed by atoms with van der Waals surface area (Å²) in [6, 6.07) is 4.11. The van der Waals surface area contributed by atoms with Gasteiger partial charge < -0.3 is 4.74 Å². The third kappa shape index (κ3) is 3.64. The Bertz CT molecular complexity index is 743. The number of halogens is 2. The van der Waals surface area contributed by atoms with Crippen molar-refractivity contribution in [2.75, 3.05) is 13.7 Å². The van der Waals surface area contributed by atoms with Gasteiger partial charge in [0, 0.05) is 17.1 Å². The Morgan fingerprint density at radius 1 is 1.38 bits per heavy atom. The molecule has 2 N–H and O–H groups in total. The van der Waals surface area contributed by atoms with Gasteiger partial charge in [0.2, 0.25) is 0 Å². The molecule has 0 aliphatic rings. The molecule has 0 saturated carbocycles. The van der Waals surface area contributed by atoms with Crippen LogP contribution in [0.25, 0.3) is 11.4 Å². The van der Waals surface area contributed by atoms with E-state index in [2.05, 4.69) is 26.1 Å². The Morgan fingerprint density at radius 3 is 2.67 bits per heavy atom. The summed E-state index contributed by atoms with van der Waals surface area (Å²) < 4.78 is 43.2. The molecule has 10 heteroatoms. The smallest absolute Gasteiger partial charge is 0.273 e. The van der Waals surface area contributed by atoms with Crippen molar-refractivity contribution in [2.24, 2.45) is 5.14 Å². The highest BCUT2D eigenvalue weighted by atomic mass is 79.9. The summed E-state index contributed by atoms with van der Waals surface area (Å²) in [5.74, 6) is -0.297. The van der Waals surface area contributed by atoms with Gasteiger partial charge in [0.15, 0.2) is 5.82 Å². The van der Waals surface area contributed by atoms with E-state index in [1.807, 2.05) is 0 Å². The average Bonchev–Trinajstić information content (AvgIpc) is 2.78. The summed E-state index contributed by atoms with van der Waals surface area (Å²) in [5, 5.41) is 12.1. The highest BCUT2D eigenvalue weighted by Gasteiger charge is 2.22. The fourth-order valence-corrected chi connectivity index (χ4v) is 2.88. The Labute approximate surface area is 129 Å². The molecule has 0 amide bonds. The molecule has 2 rings (SSSR count). The number of hydrogen-bond donors (Lipinski definition) is 1. The zero-order valence-corrected chi connectivity index (χ0v) is 13.4. The van der Waals surface area contributed by atoms with Gasteiger partial charge in [-0.25, -0.2) is 17.9 Å². The van der Waals surface area contributed by atoms with Gasteiger partial charge in [-0.2, -0.15) is 0 Å². The SMILES string of the molecule is COCCn1c(-c2cc(F)cc(Br)c2)nnc1S(N)(=O)=O. The summed E-state index contributed by atoms with van der Waals surface area (Å²) in [6.45, 7) is 0.392. The summed E-state index contributed by atoms with van der Waals surface area (Å²) >= 11 is 3.17. The number of sulfonamides is 1. The number of methoxy groups -OCH3 is 1. The van der Waals surface area contributed by atoms with Crippen molar-refractivity contribution in [3.05, 3.63) is 28.5 Å². The number of nitrogens with zero attached hydrogens (tertiary/aromatic N) is 3. The standard InChI is InChI=1S/C11H12BrFN4O3S/c1-20-3-2-17-10(15-16-11(17)21(14,18)19)7-4-8(12)6-9(13)5-7/h4-6H,2-3H2,1H3,(H2,14,18,19). The van der Waals surface area contributed by atoms with Crippen LogP contribution in [0.3, 0.4) is 0 Å². The molecule has 0 fully saturated rings. The highest BCUT2D eigenvalue weighted by Crippen LogP contribution is 2.24. The molecule has 1 aromatic heterocycles. The monoisotopic (exact) mass is 378 g/mol. The maximum atomic E-state index is 13.5. The lowest BCUT2D eigenvalue weighted by Gasteiger charge is -2.09. The van der Waals surface area contributed by atoms with Crippen LogP contribution in [-0.4, -0.2) is 36.9 Å². The van der Waals surface area contributed by atoms with Crippen LogP contribution in [-0.2, 0) is 21.3 Å². The van der Waals surface area contributed by atoms with Crippen LogP contribution >= 0.6 is 15.9 Å². The van der Waals surface area contributed by atoms with Gasteiger partial charge in [-0.15, -0.1) is 10.2 Å². The molecule has 1 heterocycles. The lowest BCUT2D eigenvalue weighted by atomic mass is 10.2. The zero-order valence-electron chi connectivity index (χ0n) is 11.0. The first-order valence-corrected chi connectivity index (χ1v) is 8.08. The molecule has 114 valence electrons. The molecule has 0 radical (unpaired) electrons. The third-order valence-electron chi connectivity index (χ3n) is 2.61. The largest absolute Gasteiger partial charge is 0.383 e. The Hall–Kier alpha value is -1.36. The summed E-state index contributed by atoms with van der Waals surface area (Å²) in [6.07, 6.45) is 0. The second-order valence-electron chi connectivity index (χ2n) is 4.15. The summed E-state index contributed by atoms with van der Waals surface area (Å²) in [7, 11) is -2.57. The number of rotatable bonds is 5. The van der Waals surface area contributed by atoms with Gasteiger partial charge in [0.05, 0.1) is 13.2 Å². The molecule has 0 bridgehead atoms. The number of aromatic nitrogens is 3. The van der Waals surface area contributed by atoms with E-state index in [0.29, 0.717) is 10.0 Å². The summed E-state index contributed by atoms with van der Waals surface area (Å²) in [4.78, 5) is 0. The average molecular weight is 379 g/mol. The van der Waals surface area contributed by atoms with Gasteiger partial charge >= 0.3 is 0 Å². The van der Waals surface area contributed by atoms with E-state index in [1.54, 1.807) is 6.07 Å². The van der Waals surface area contributed by atoms with E-state index in [0.717, 1.165) is 0 Å². The minimum absolute atomic E-state index is 0.165. The van der Waals surface area contributed by atoms with Crippen molar-refractivity contribution in [1.29, 1.82) is 0 Å². The van der Waals surface area contributed by atoms with Gasteiger partial charge in [-0.3, -0.25) is 4.57 Å². The van der Waals surface area contributed by atoms with Gasteiger partial charge in [-0.1, -0.05) is 15.9 Å². The predicted molar refractivity (Wildman–Crippen MR) is 76.4 cm³/mol. The van der Waals surface area contributed by atoms with Crippen LogP contribution in [0.1, 0.15) is 0 Å². The van der Waals surface area contributed by atoms with Gasteiger partial charge in [-0.05, 0) is 18.2 Å². The maximum Gasteiger partial charge on any atom is 0.273 e. The van der Waals surface area contributed by atoms with Crippen LogP contribution in [0.4, 0.5) is 4.39 Å². The molecule has 0 saturated heterocycles. The minimum Gasteiger partial charge on any atom is -0.383 e. The van der Waals surface area contributed by atoms with Crippen molar-refractivity contribution in [3.63, 3.8) is 0 Å². The van der Waals surface area contributed by atoms with Crippen molar-refractivity contribution >= 4 is 26.0 Å². The quantitative estimate of drug-likeness (QED) is 0.840. The molecule has 7 nitrogen and oxygen atoms in total. The normalized spacial score (nSPS) is 11.8. The van der Waals surface area contributed by atoms with E-state index in [1.165, 1.54) is 23.8 Å². The van der Waals surface area contributed by atoms with Crippen molar-refractivity contribution in [3.8, 4) is 11.4 Å². The molecule has 21 heavy (non-hydrogen) atoms. The van der Waals surface area contributed by atoms with Crippen molar-refractivity contribution < 1.29 is 17.5 Å². The number of benzene rings is 1. The Morgan fingerprint density at radius 2 is 2.10 bits per heavy atom. The lowest BCUT2D eigenvalue weighted by Crippen LogP contribution is -2.20. The highest BCUT2D eigenvalue weighted by molar-refractivity contribution is 9.10. The fourth-order valence-electron chi connectivity index (χ4n) is 1.78. The molecule has 1 aromatic carbocycles. The summed E-state index contributed by atoms with van der Waals surface area (Å²) in [5.41, 5.74) is 0.375. The number of primary sulfonamides is 1. The first kappa shape index (κ1) is 16.0. The molecule has 2 aromatic rings. The molecule has 0 aliphatic heterocycles. The van der Waals surface area contributed by atoms with E-state index >= 15 is 0 Å². The second kappa shape index (κ2) is 6.18. The van der Waals surface area contributed by atoms with E-state index in [-0.39, 0.29) is 19.0 Å². The number of nitrogens with two attached hydrogens (primary N) is 1. The van der Waals surface area contributed by atoms with E-state index < -0.39 is 21.0 Å². The topological polar surface area (TPSA) is 100 Å². The molecule has 0 spiro atoms. The van der Waals surface area contributed by atoms with Crippen LogP contribution < -0.4 is 5.14 Å². The zero-order chi connectivity index (χ0) is 15.6. The first-order valence-electron chi connectivity index (χ1n) is 5.74. The minimum atomic E-state index is -4.04. The fraction of sp³-hybridized carbons (Fsp3) is 0.273. The lowest BCUT2D eigenvalue weighted by molar-refractivity contribution is 0.185. The molecule has 0 unspecified atom stereocenters. The van der Waals surface area contributed by atoms with Crippen LogP contribution in [0, 0.1) is 5.82 Å². The van der Waals surface area contributed by atoms with Crippen LogP contribution in [0.5, 0.6) is 0 Å². The molecular weight excluding hydrogens is 367 g/mol. The van der Waals surface area contributed by atoms with Gasteiger partial charge in [0.25, 0.3) is 15.2 Å². The third-order valence-corrected chi connectivity index (χ3v) is 3.88.